The summed E-state index contributed by atoms with van der Waals surface area (Å²) in [4.78, 5) is 9.05. The van der Waals surface area contributed by atoms with Crippen molar-refractivity contribution >= 4 is 10.9 Å². The molecule has 0 bridgehead atoms. The van der Waals surface area contributed by atoms with Crippen molar-refractivity contribution in [2.45, 2.75) is 72.0 Å². The molecule has 5 rings (SSSR count). The predicted octanol–water partition coefficient (Wildman–Crippen LogP) is 4.95. The van der Waals surface area contributed by atoms with Crippen molar-refractivity contribution in [1.29, 1.82) is 0 Å². The van der Waals surface area contributed by atoms with Crippen molar-refractivity contribution in [3.63, 3.8) is 0 Å². The highest BCUT2D eigenvalue weighted by molar-refractivity contribution is 5.87. The van der Waals surface area contributed by atoms with E-state index >= 15 is 0 Å². The van der Waals surface area contributed by atoms with Crippen LogP contribution in [0.4, 0.5) is 4.39 Å². The van der Waals surface area contributed by atoms with Crippen LogP contribution in [0.1, 0.15) is 61.4 Å². The number of benzene rings is 1. The van der Waals surface area contributed by atoms with E-state index in [1.807, 2.05) is 6.07 Å². The minimum Gasteiger partial charge on any atom is -0.463 e. The third-order valence-corrected chi connectivity index (χ3v) is 6.60. The summed E-state index contributed by atoms with van der Waals surface area (Å²) in [6.07, 6.45) is 8.88. The Balaban J connectivity index is 1.36. The normalized spacial score (nSPS) is 13.4. The highest BCUT2D eigenvalue weighted by Crippen LogP contribution is 2.33. The van der Waals surface area contributed by atoms with E-state index in [2.05, 4.69) is 56.9 Å². The maximum Gasteiger partial charge on any atom is 0.316 e. The van der Waals surface area contributed by atoms with Crippen LogP contribution in [0.2, 0.25) is 0 Å². The van der Waals surface area contributed by atoms with E-state index in [-0.39, 0.29) is 0 Å². The standard InChI is InChI=1S/C26H31FN6O/c1-3-18-14-19(4-2)29-26(28-18)34-13-7-12-32-24-9-6-5-8-22(24)23-15-21(10-11-25(23)32)33-17-20(16-27)30-31-33/h10-11,14-15,17H,3-9,12-13,16H2,1-2H3. The largest absolute Gasteiger partial charge is 0.463 e. The fourth-order valence-electron chi connectivity index (χ4n) is 4.85. The van der Waals surface area contributed by atoms with Gasteiger partial charge in [-0.05, 0) is 74.8 Å². The van der Waals surface area contributed by atoms with Crippen molar-refractivity contribution in [1.82, 2.24) is 29.5 Å². The molecule has 0 spiro atoms. The number of rotatable bonds is 9. The van der Waals surface area contributed by atoms with Gasteiger partial charge in [-0.2, -0.15) is 0 Å². The molecule has 1 aromatic carbocycles. The first-order chi connectivity index (χ1) is 16.7. The van der Waals surface area contributed by atoms with E-state index < -0.39 is 6.67 Å². The number of fused-ring (bicyclic) bond motifs is 3. The molecule has 8 heteroatoms. The van der Waals surface area contributed by atoms with Crippen LogP contribution in [0, 0.1) is 0 Å². The summed E-state index contributed by atoms with van der Waals surface area (Å²) in [5, 5.41) is 9.24. The minimum absolute atomic E-state index is 0.346. The van der Waals surface area contributed by atoms with Crippen LogP contribution in [-0.4, -0.2) is 36.1 Å². The molecule has 3 aromatic heterocycles. The summed E-state index contributed by atoms with van der Waals surface area (Å²) in [5.74, 6) is 0. The Kier molecular flexibility index (Phi) is 6.56. The third kappa shape index (κ3) is 4.41. The maximum absolute atomic E-state index is 12.9. The molecule has 0 aliphatic heterocycles. The van der Waals surface area contributed by atoms with Crippen LogP contribution in [0.15, 0.2) is 30.5 Å². The SMILES string of the molecule is CCc1cc(CC)nc(OCCCn2c3c(c4cc(-n5cc(CF)nn5)ccc42)CCCC3)n1. The van der Waals surface area contributed by atoms with E-state index in [1.165, 1.54) is 35.0 Å². The molecule has 0 fully saturated rings. The fourth-order valence-corrected chi connectivity index (χ4v) is 4.85. The van der Waals surface area contributed by atoms with Gasteiger partial charge in [0, 0.05) is 34.5 Å². The lowest BCUT2D eigenvalue weighted by atomic mass is 9.95. The second-order valence-electron chi connectivity index (χ2n) is 8.82. The van der Waals surface area contributed by atoms with Gasteiger partial charge < -0.3 is 9.30 Å². The van der Waals surface area contributed by atoms with Gasteiger partial charge in [0.15, 0.2) is 0 Å². The Morgan fingerprint density at radius 1 is 1.00 bits per heavy atom. The van der Waals surface area contributed by atoms with Gasteiger partial charge in [-0.1, -0.05) is 19.1 Å². The molecule has 0 amide bonds. The van der Waals surface area contributed by atoms with Gasteiger partial charge >= 0.3 is 6.01 Å². The van der Waals surface area contributed by atoms with Crippen molar-refractivity contribution in [2.24, 2.45) is 0 Å². The molecular weight excluding hydrogens is 431 g/mol. The molecule has 1 aliphatic rings. The lowest BCUT2D eigenvalue weighted by molar-refractivity contribution is 0.277. The van der Waals surface area contributed by atoms with Gasteiger partial charge in [0.1, 0.15) is 12.4 Å². The zero-order valence-electron chi connectivity index (χ0n) is 19.9. The Hall–Kier alpha value is -3.29. The summed E-state index contributed by atoms with van der Waals surface area (Å²) in [7, 11) is 0. The fraction of sp³-hybridized carbons (Fsp3) is 0.462. The topological polar surface area (TPSA) is 70.7 Å². The first kappa shape index (κ1) is 22.5. The van der Waals surface area contributed by atoms with Gasteiger partial charge in [-0.15, -0.1) is 5.10 Å². The van der Waals surface area contributed by atoms with Gasteiger partial charge in [0.05, 0.1) is 18.5 Å². The average molecular weight is 463 g/mol. The third-order valence-electron chi connectivity index (χ3n) is 6.60. The molecule has 4 aromatic rings. The summed E-state index contributed by atoms with van der Waals surface area (Å²) >= 11 is 0. The second-order valence-corrected chi connectivity index (χ2v) is 8.82. The van der Waals surface area contributed by atoms with E-state index in [0.717, 1.165) is 55.7 Å². The molecule has 7 nitrogen and oxygen atoms in total. The highest BCUT2D eigenvalue weighted by Gasteiger charge is 2.20. The van der Waals surface area contributed by atoms with E-state index in [0.29, 0.717) is 18.3 Å². The van der Waals surface area contributed by atoms with Crippen LogP contribution in [0.3, 0.4) is 0 Å². The van der Waals surface area contributed by atoms with Gasteiger partial charge in [-0.25, -0.2) is 19.0 Å². The van der Waals surface area contributed by atoms with Crippen molar-refractivity contribution in [3.05, 3.63) is 58.8 Å². The molecule has 0 saturated heterocycles. The number of aryl methyl sites for hydroxylation is 4. The molecule has 0 N–H and O–H groups in total. The van der Waals surface area contributed by atoms with Crippen LogP contribution in [0.5, 0.6) is 6.01 Å². The zero-order valence-corrected chi connectivity index (χ0v) is 19.9. The minimum atomic E-state index is -0.608. The van der Waals surface area contributed by atoms with E-state index in [4.69, 9.17) is 4.74 Å². The smallest absolute Gasteiger partial charge is 0.316 e. The second kappa shape index (κ2) is 9.91. The number of aromatic nitrogens is 6. The number of alkyl halides is 1. The molecule has 3 heterocycles. The van der Waals surface area contributed by atoms with Crippen LogP contribution in [0.25, 0.3) is 16.6 Å². The van der Waals surface area contributed by atoms with E-state index in [9.17, 15) is 4.39 Å². The molecule has 0 atom stereocenters. The predicted molar refractivity (Wildman–Crippen MR) is 129 cm³/mol. The number of hydrogen-bond donors (Lipinski definition) is 0. The number of halogens is 1. The zero-order chi connectivity index (χ0) is 23.5. The average Bonchev–Trinajstić information content (AvgIpc) is 3.49. The van der Waals surface area contributed by atoms with Gasteiger partial charge in [0.2, 0.25) is 0 Å². The molecule has 0 saturated carbocycles. The van der Waals surface area contributed by atoms with Crippen molar-refractivity contribution < 1.29 is 9.13 Å². The van der Waals surface area contributed by atoms with Gasteiger partial charge in [0.25, 0.3) is 0 Å². The van der Waals surface area contributed by atoms with Crippen molar-refractivity contribution in [3.8, 4) is 11.7 Å². The molecule has 178 valence electrons. The Labute approximate surface area is 199 Å². The number of nitrogens with zero attached hydrogens (tertiary/aromatic N) is 6. The summed E-state index contributed by atoms with van der Waals surface area (Å²) in [5.41, 5.74) is 7.40. The number of hydrogen-bond acceptors (Lipinski definition) is 5. The Morgan fingerprint density at radius 3 is 2.53 bits per heavy atom. The summed E-state index contributed by atoms with van der Waals surface area (Å²) < 4.78 is 23.0. The molecule has 0 unspecified atom stereocenters. The highest BCUT2D eigenvalue weighted by atomic mass is 19.1. The van der Waals surface area contributed by atoms with Crippen molar-refractivity contribution in [2.75, 3.05) is 6.61 Å². The maximum atomic E-state index is 12.9. The van der Waals surface area contributed by atoms with Crippen LogP contribution in [-0.2, 0) is 38.9 Å². The Bertz CT molecular complexity index is 1270. The summed E-state index contributed by atoms with van der Waals surface area (Å²) in [6.45, 7) is 5.05. The van der Waals surface area contributed by atoms with Crippen LogP contribution < -0.4 is 4.74 Å². The molecule has 34 heavy (non-hydrogen) atoms. The molecule has 0 radical (unpaired) electrons. The Morgan fingerprint density at radius 2 is 1.79 bits per heavy atom. The van der Waals surface area contributed by atoms with Gasteiger partial charge in [-0.3, -0.25) is 0 Å². The summed E-state index contributed by atoms with van der Waals surface area (Å²) in [6, 6.07) is 8.90. The quantitative estimate of drug-likeness (QED) is 0.329. The monoisotopic (exact) mass is 462 g/mol. The lowest BCUT2D eigenvalue weighted by Crippen LogP contribution is -2.11. The van der Waals surface area contributed by atoms with Crippen LogP contribution >= 0.6 is 0 Å². The van der Waals surface area contributed by atoms with E-state index in [1.54, 1.807) is 10.9 Å². The first-order valence-electron chi connectivity index (χ1n) is 12.3. The molecular formula is C26H31FN6O. The lowest BCUT2D eigenvalue weighted by Gasteiger charge is -2.16. The molecule has 1 aliphatic carbocycles. The number of ether oxygens (including phenoxy) is 1. The first-order valence-corrected chi connectivity index (χ1v) is 12.3.